The van der Waals surface area contributed by atoms with Crippen LogP contribution < -0.4 is 10.6 Å². The lowest BCUT2D eigenvalue weighted by Crippen LogP contribution is -2.28. The van der Waals surface area contributed by atoms with E-state index >= 15 is 0 Å². The van der Waals surface area contributed by atoms with Crippen molar-refractivity contribution in [1.82, 2.24) is 20.1 Å². The molecule has 2 N–H and O–H groups in total. The Balaban J connectivity index is 1.58. The largest absolute Gasteiger partial charge is 0.342 e. The molecule has 0 saturated carbocycles. The molecule has 3 rings (SSSR count). The van der Waals surface area contributed by atoms with Gasteiger partial charge < -0.3 is 15.2 Å². The molecular formula is C23H27N5O2S. The summed E-state index contributed by atoms with van der Waals surface area (Å²) in [4.78, 5) is 24.9. The van der Waals surface area contributed by atoms with Crippen molar-refractivity contribution in [3.05, 3.63) is 71.0 Å². The number of rotatable bonds is 8. The zero-order chi connectivity index (χ0) is 22.4. The average molecular weight is 438 g/mol. The topological polar surface area (TPSA) is 88.9 Å². The van der Waals surface area contributed by atoms with Crippen molar-refractivity contribution in [3.63, 3.8) is 0 Å². The maximum atomic E-state index is 12.5. The third-order valence-corrected chi connectivity index (χ3v) is 5.94. The van der Waals surface area contributed by atoms with Crippen molar-refractivity contribution in [2.75, 3.05) is 11.1 Å². The van der Waals surface area contributed by atoms with Gasteiger partial charge >= 0.3 is 0 Å². The van der Waals surface area contributed by atoms with E-state index in [1.165, 1.54) is 11.8 Å². The van der Waals surface area contributed by atoms with Crippen LogP contribution in [-0.4, -0.2) is 32.3 Å². The van der Waals surface area contributed by atoms with Crippen LogP contribution in [0.1, 0.15) is 47.2 Å². The van der Waals surface area contributed by atoms with Gasteiger partial charge in [0.2, 0.25) is 5.91 Å². The summed E-state index contributed by atoms with van der Waals surface area (Å²) in [5.74, 6) is 0.572. The molecule has 0 bridgehead atoms. The third kappa shape index (κ3) is 5.73. The Morgan fingerprint density at radius 2 is 1.81 bits per heavy atom. The summed E-state index contributed by atoms with van der Waals surface area (Å²) in [6.45, 7) is 5.89. The number of thioether (sulfide) groups is 1. The lowest BCUT2D eigenvalue weighted by Gasteiger charge is -2.14. The number of hydrogen-bond donors (Lipinski definition) is 2. The standard InChI is InChI=1S/C23H27N5O2S/c1-5-17-8-6-7-9-19(17)25-20(29)14-31-23-27-26-21(28(23)4)16(3)24-22(30)18-12-10-15(2)11-13-18/h6-13,16H,5,14H2,1-4H3,(H,24,30)(H,25,29)/t16-/m0/s1. The molecule has 31 heavy (non-hydrogen) atoms. The lowest BCUT2D eigenvalue weighted by atomic mass is 10.1. The molecule has 8 heteroatoms. The van der Waals surface area contributed by atoms with Crippen molar-refractivity contribution >= 4 is 29.3 Å². The number of para-hydroxylation sites is 1. The summed E-state index contributed by atoms with van der Waals surface area (Å²) in [5.41, 5.74) is 3.63. The summed E-state index contributed by atoms with van der Waals surface area (Å²) in [5, 5.41) is 14.9. The van der Waals surface area contributed by atoms with Crippen LogP contribution in [0.25, 0.3) is 0 Å². The van der Waals surface area contributed by atoms with Crippen LogP contribution >= 0.6 is 11.8 Å². The van der Waals surface area contributed by atoms with E-state index in [9.17, 15) is 9.59 Å². The molecule has 2 amide bonds. The quantitative estimate of drug-likeness (QED) is 0.522. The normalized spacial score (nSPS) is 11.7. The Kier molecular flexibility index (Phi) is 7.46. The number of nitrogens with zero attached hydrogens (tertiary/aromatic N) is 3. The Hall–Kier alpha value is -3.13. The molecule has 0 fully saturated rings. The van der Waals surface area contributed by atoms with Crippen molar-refractivity contribution in [1.29, 1.82) is 0 Å². The number of anilines is 1. The van der Waals surface area contributed by atoms with Crippen LogP contribution in [0.2, 0.25) is 0 Å². The first-order chi connectivity index (χ1) is 14.9. The first kappa shape index (κ1) is 22.6. The predicted molar refractivity (Wildman–Crippen MR) is 123 cm³/mol. The number of aryl methyl sites for hydroxylation is 2. The van der Waals surface area contributed by atoms with E-state index in [0.29, 0.717) is 16.5 Å². The number of hydrogen-bond acceptors (Lipinski definition) is 5. The van der Waals surface area contributed by atoms with E-state index in [4.69, 9.17) is 0 Å². The summed E-state index contributed by atoms with van der Waals surface area (Å²) in [6, 6.07) is 14.8. The van der Waals surface area contributed by atoms with Crippen molar-refractivity contribution in [2.45, 2.75) is 38.4 Å². The molecule has 1 atom stereocenters. The number of carbonyl (C=O) groups is 2. The highest BCUT2D eigenvalue weighted by atomic mass is 32.2. The van der Waals surface area contributed by atoms with E-state index in [1.54, 1.807) is 16.7 Å². The Morgan fingerprint density at radius 3 is 2.52 bits per heavy atom. The van der Waals surface area contributed by atoms with Gasteiger partial charge in [0.05, 0.1) is 11.8 Å². The number of aromatic nitrogens is 3. The van der Waals surface area contributed by atoms with Crippen LogP contribution in [0, 0.1) is 6.92 Å². The molecule has 1 heterocycles. The first-order valence-electron chi connectivity index (χ1n) is 10.2. The zero-order valence-corrected chi connectivity index (χ0v) is 19.0. The number of nitrogens with one attached hydrogen (secondary N) is 2. The predicted octanol–water partition coefficient (Wildman–Crippen LogP) is 3.91. The smallest absolute Gasteiger partial charge is 0.251 e. The van der Waals surface area contributed by atoms with Gasteiger partial charge in [-0.05, 0) is 44.0 Å². The fourth-order valence-corrected chi connectivity index (χ4v) is 3.86. The highest BCUT2D eigenvalue weighted by Gasteiger charge is 2.19. The van der Waals surface area contributed by atoms with Gasteiger partial charge in [-0.3, -0.25) is 9.59 Å². The van der Waals surface area contributed by atoms with Gasteiger partial charge in [-0.15, -0.1) is 10.2 Å². The Labute approximate surface area is 186 Å². The molecule has 0 unspecified atom stereocenters. The number of carbonyl (C=O) groups excluding carboxylic acids is 2. The second kappa shape index (κ2) is 10.3. The molecule has 162 valence electrons. The summed E-state index contributed by atoms with van der Waals surface area (Å²) < 4.78 is 1.80. The van der Waals surface area contributed by atoms with Crippen molar-refractivity contribution in [3.8, 4) is 0 Å². The highest BCUT2D eigenvalue weighted by Crippen LogP contribution is 2.21. The van der Waals surface area contributed by atoms with E-state index in [0.717, 1.165) is 23.2 Å². The maximum absolute atomic E-state index is 12.5. The van der Waals surface area contributed by atoms with Gasteiger partial charge in [0, 0.05) is 18.3 Å². The number of amides is 2. The Bertz CT molecular complexity index is 1060. The van der Waals surface area contributed by atoms with Gasteiger partial charge in [-0.25, -0.2) is 0 Å². The van der Waals surface area contributed by atoms with Crippen LogP contribution in [0.4, 0.5) is 5.69 Å². The summed E-state index contributed by atoms with van der Waals surface area (Å²) in [7, 11) is 1.83. The van der Waals surface area contributed by atoms with Crippen LogP contribution in [-0.2, 0) is 18.3 Å². The molecule has 0 aliphatic carbocycles. The second-order valence-corrected chi connectivity index (χ2v) is 8.25. The van der Waals surface area contributed by atoms with E-state index < -0.39 is 0 Å². The zero-order valence-electron chi connectivity index (χ0n) is 18.2. The van der Waals surface area contributed by atoms with Gasteiger partial charge in [0.15, 0.2) is 11.0 Å². The SMILES string of the molecule is CCc1ccccc1NC(=O)CSc1nnc([C@H](C)NC(=O)c2ccc(C)cc2)n1C. The van der Waals surface area contributed by atoms with Crippen molar-refractivity contribution in [2.24, 2.45) is 7.05 Å². The molecule has 1 aromatic heterocycles. The molecule has 2 aromatic carbocycles. The van der Waals surface area contributed by atoms with Gasteiger partial charge in [0.25, 0.3) is 5.91 Å². The van der Waals surface area contributed by atoms with Crippen LogP contribution in [0.3, 0.4) is 0 Å². The highest BCUT2D eigenvalue weighted by molar-refractivity contribution is 7.99. The van der Waals surface area contributed by atoms with E-state index in [2.05, 4.69) is 27.8 Å². The molecule has 7 nitrogen and oxygen atoms in total. The van der Waals surface area contributed by atoms with Gasteiger partial charge in [0.1, 0.15) is 0 Å². The second-order valence-electron chi connectivity index (χ2n) is 7.31. The monoisotopic (exact) mass is 437 g/mol. The first-order valence-corrected chi connectivity index (χ1v) is 11.1. The van der Waals surface area contributed by atoms with Gasteiger partial charge in [-0.2, -0.15) is 0 Å². The minimum atomic E-state index is -0.328. The minimum Gasteiger partial charge on any atom is -0.342 e. The molecule has 0 radical (unpaired) electrons. The molecule has 3 aromatic rings. The van der Waals surface area contributed by atoms with Crippen molar-refractivity contribution < 1.29 is 9.59 Å². The van der Waals surface area contributed by atoms with E-state index in [-0.39, 0.29) is 23.6 Å². The summed E-state index contributed by atoms with van der Waals surface area (Å²) >= 11 is 1.31. The molecule has 0 spiro atoms. The lowest BCUT2D eigenvalue weighted by molar-refractivity contribution is -0.113. The van der Waals surface area contributed by atoms with Crippen LogP contribution in [0.15, 0.2) is 53.7 Å². The third-order valence-electron chi connectivity index (χ3n) is 4.92. The molecular weight excluding hydrogens is 410 g/mol. The molecule has 0 aliphatic heterocycles. The molecule has 0 aliphatic rings. The minimum absolute atomic E-state index is 0.101. The summed E-state index contributed by atoms with van der Waals surface area (Å²) in [6.07, 6.45) is 0.850. The fraction of sp³-hybridized carbons (Fsp3) is 0.304. The van der Waals surface area contributed by atoms with Gasteiger partial charge in [-0.1, -0.05) is 54.6 Å². The Morgan fingerprint density at radius 1 is 1.10 bits per heavy atom. The molecule has 0 saturated heterocycles. The van der Waals surface area contributed by atoms with Crippen LogP contribution in [0.5, 0.6) is 0 Å². The van der Waals surface area contributed by atoms with E-state index in [1.807, 2.05) is 57.3 Å². The maximum Gasteiger partial charge on any atom is 0.251 e. The average Bonchev–Trinajstić information content (AvgIpc) is 3.13. The fourth-order valence-electron chi connectivity index (χ4n) is 3.15. The number of benzene rings is 2.